The van der Waals surface area contributed by atoms with Crippen molar-refractivity contribution in [1.29, 1.82) is 0 Å². The Labute approximate surface area is 119 Å². The van der Waals surface area contributed by atoms with Gasteiger partial charge in [0.1, 0.15) is 5.82 Å². The van der Waals surface area contributed by atoms with Crippen LogP contribution in [0.15, 0.2) is 18.2 Å². The van der Waals surface area contributed by atoms with Gasteiger partial charge in [-0.1, -0.05) is 12.8 Å². The predicted octanol–water partition coefficient (Wildman–Crippen LogP) is 2.88. The number of benzene rings is 1. The molecule has 116 valence electrons. The average Bonchev–Trinajstić information content (AvgIpc) is 2.40. The lowest BCUT2D eigenvalue weighted by Gasteiger charge is -2.28. The highest BCUT2D eigenvalue weighted by Crippen LogP contribution is 2.30. The topological polar surface area (TPSA) is 49.3 Å². The summed E-state index contributed by atoms with van der Waals surface area (Å²) in [5, 5.41) is 12.1. The zero-order valence-electron chi connectivity index (χ0n) is 11.1. The summed E-state index contributed by atoms with van der Waals surface area (Å²) in [6.07, 6.45) is -2.74. The minimum absolute atomic E-state index is 0.486. The fraction of sp³-hybridized carbons (Fsp3) is 0.500. The number of aliphatic hydroxyl groups is 1. The first kappa shape index (κ1) is 15.8. The van der Waals surface area contributed by atoms with Gasteiger partial charge in [-0.15, -0.1) is 0 Å². The summed E-state index contributed by atoms with van der Waals surface area (Å²) < 4.78 is 51.3. The lowest BCUT2D eigenvalue weighted by molar-refractivity contribution is -0.137. The van der Waals surface area contributed by atoms with Crippen molar-refractivity contribution in [3.8, 4) is 0 Å². The maximum absolute atomic E-state index is 13.6. The number of rotatable bonds is 2. The standard InChI is InChI=1S/C14H15F4NO2/c15-10-6-5-8(14(16,17)18)7-9(10)13(21)19-11-3-1-2-4-12(11)20/h5-7,11-12,20H,1-4H2,(H,19,21)/t11-,12-/m0/s1. The quantitative estimate of drug-likeness (QED) is 0.826. The molecule has 1 aliphatic rings. The van der Waals surface area contributed by atoms with E-state index in [0.717, 1.165) is 12.8 Å². The van der Waals surface area contributed by atoms with Crippen LogP contribution in [0.3, 0.4) is 0 Å². The van der Waals surface area contributed by atoms with Crippen molar-refractivity contribution in [3.63, 3.8) is 0 Å². The molecule has 0 heterocycles. The van der Waals surface area contributed by atoms with Crippen molar-refractivity contribution in [3.05, 3.63) is 35.1 Å². The minimum atomic E-state index is -4.65. The van der Waals surface area contributed by atoms with Gasteiger partial charge in [-0.05, 0) is 31.0 Å². The van der Waals surface area contributed by atoms with Gasteiger partial charge in [-0.3, -0.25) is 4.79 Å². The van der Waals surface area contributed by atoms with Crippen molar-refractivity contribution >= 4 is 5.91 Å². The van der Waals surface area contributed by atoms with Crippen LogP contribution in [0.4, 0.5) is 17.6 Å². The van der Waals surface area contributed by atoms with Crippen LogP contribution in [0, 0.1) is 5.82 Å². The van der Waals surface area contributed by atoms with E-state index in [1.54, 1.807) is 0 Å². The van der Waals surface area contributed by atoms with Crippen LogP contribution >= 0.6 is 0 Å². The molecule has 1 aromatic carbocycles. The van der Waals surface area contributed by atoms with Crippen LogP contribution in [0.5, 0.6) is 0 Å². The number of carbonyl (C=O) groups excluding carboxylic acids is 1. The second kappa shape index (κ2) is 6.01. The maximum Gasteiger partial charge on any atom is 0.416 e. The molecule has 2 N–H and O–H groups in total. The Morgan fingerprint density at radius 3 is 2.52 bits per heavy atom. The Bertz CT molecular complexity index is 530. The molecule has 0 aromatic heterocycles. The summed E-state index contributed by atoms with van der Waals surface area (Å²) in [5.41, 5.74) is -1.75. The summed E-state index contributed by atoms with van der Waals surface area (Å²) in [4.78, 5) is 11.9. The monoisotopic (exact) mass is 305 g/mol. The molecule has 3 nitrogen and oxygen atoms in total. The number of carbonyl (C=O) groups is 1. The molecule has 0 radical (unpaired) electrons. The number of aliphatic hydroxyl groups excluding tert-OH is 1. The van der Waals surface area contributed by atoms with E-state index in [4.69, 9.17) is 0 Å². The second-order valence-electron chi connectivity index (χ2n) is 5.12. The zero-order chi connectivity index (χ0) is 15.6. The third-order valence-corrected chi connectivity index (χ3v) is 3.58. The number of amides is 1. The van der Waals surface area contributed by atoms with Gasteiger partial charge >= 0.3 is 6.18 Å². The van der Waals surface area contributed by atoms with Crippen LogP contribution in [-0.2, 0) is 6.18 Å². The van der Waals surface area contributed by atoms with Crippen LogP contribution in [0.25, 0.3) is 0 Å². The first-order valence-electron chi connectivity index (χ1n) is 6.64. The molecule has 0 unspecified atom stereocenters. The number of hydrogen-bond donors (Lipinski definition) is 2. The third kappa shape index (κ3) is 3.72. The molecule has 2 rings (SSSR count). The molecule has 21 heavy (non-hydrogen) atoms. The smallest absolute Gasteiger partial charge is 0.391 e. The van der Waals surface area contributed by atoms with E-state index in [9.17, 15) is 27.5 Å². The fourth-order valence-corrected chi connectivity index (χ4v) is 2.40. The van der Waals surface area contributed by atoms with Gasteiger partial charge in [-0.2, -0.15) is 13.2 Å². The van der Waals surface area contributed by atoms with Crippen molar-refractivity contribution in [2.45, 2.75) is 44.0 Å². The second-order valence-corrected chi connectivity index (χ2v) is 5.12. The summed E-state index contributed by atoms with van der Waals surface area (Å²) in [7, 11) is 0. The largest absolute Gasteiger partial charge is 0.416 e. The average molecular weight is 305 g/mol. The molecule has 0 saturated heterocycles. The Morgan fingerprint density at radius 1 is 1.24 bits per heavy atom. The van der Waals surface area contributed by atoms with Crippen molar-refractivity contribution in [1.82, 2.24) is 5.32 Å². The van der Waals surface area contributed by atoms with Gasteiger partial charge in [0, 0.05) is 0 Å². The SMILES string of the molecule is O=C(N[C@H]1CCCC[C@@H]1O)c1cc(C(F)(F)F)ccc1F. The molecule has 0 spiro atoms. The molecule has 1 aromatic rings. The van der Waals surface area contributed by atoms with Gasteiger partial charge < -0.3 is 10.4 Å². The van der Waals surface area contributed by atoms with E-state index >= 15 is 0 Å². The first-order valence-corrected chi connectivity index (χ1v) is 6.64. The lowest BCUT2D eigenvalue weighted by Crippen LogP contribution is -2.45. The fourth-order valence-electron chi connectivity index (χ4n) is 2.40. The Hall–Kier alpha value is -1.63. The minimum Gasteiger partial charge on any atom is -0.391 e. The van der Waals surface area contributed by atoms with E-state index in [0.29, 0.717) is 31.0 Å². The van der Waals surface area contributed by atoms with Crippen LogP contribution in [0.2, 0.25) is 0 Å². The van der Waals surface area contributed by atoms with Gasteiger partial charge in [0.15, 0.2) is 0 Å². The summed E-state index contributed by atoms with van der Waals surface area (Å²) in [6, 6.07) is 1.14. The highest BCUT2D eigenvalue weighted by atomic mass is 19.4. The number of halogens is 4. The van der Waals surface area contributed by atoms with E-state index < -0.39 is 41.2 Å². The third-order valence-electron chi connectivity index (χ3n) is 3.58. The van der Waals surface area contributed by atoms with Gasteiger partial charge in [0.2, 0.25) is 0 Å². The van der Waals surface area contributed by atoms with Crippen molar-refractivity contribution in [2.75, 3.05) is 0 Å². The Kier molecular flexibility index (Phi) is 4.51. The molecular weight excluding hydrogens is 290 g/mol. The lowest BCUT2D eigenvalue weighted by atomic mass is 9.92. The normalized spacial score (nSPS) is 22.9. The molecule has 1 saturated carbocycles. The van der Waals surface area contributed by atoms with Gasteiger partial charge in [-0.25, -0.2) is 4.39 Å². The first-order chi connectivity index (χ1) is 9.79. The van der Waals surface area contributed by atoms with E-state index in [1.807, 2.05) is 0 Å². The summed E-state index contributed by atoms with van der Waals surface area (Å²) in [5.74, 6) is -1.96. The van der Waals surface area contributed by atoms with Crippen molar-refractivity contribution < 1.29 is 27.5 Å². The van der Waals surface area contributed by atoms with E-state index in [-0.39, 0.29) is 0 Å². The van der Waals surface area contributed by atoms with Crippen LogP contribution < -0.4 is 5.32 Å². The molecule has 1 aliphatic carbocycles. The van der Waals surface area contributed by atoms with Gasteiger partial charge in [0.25, 0.3) is 5.91 Å². The predicted molar refractivity (Wildman–Crippen MR) is 67.1 cm³/mol. The zero-order valence-corrected chi connectivity index (χ0v) is 11.1. The molecular formula is C14H15F4NO2. The van der Waals surface area contributed by atoms with E-state index in [2.05, 4.69) is 5.32 Å². The number of alkyl halides is 3. The molecule has 0 aliphatic heterocycles. The summed E-state index contributed by atoms with van der Waals surface area (Å²) in [6.45, 7) is 0. The van der Waals surface area contributed by atoms with E-state index in [1.165, 1.54) is 0 Å². The number of nitrogens with one attached hydrogen (secondary N) is 1. The molecule has 2 atom stereocenters. The van der Waals surface area contributed by atoms with Crippen LogP contribution in [-0.4, -0.2) is 23.2 Å². The summed E-state index contributed by atoms with van der Waals surface area (Å²) >= 11 is 0. The molecule has 1 amide bonds. The Morgan fingerprint density at radius 2 is 1.90 bits per heavy atom. The number of hydrogen-bond acceptors (Lipinski definition) is 2. The maximum atomic E-state index is 13.6. The van der Waals surface area contributed by atoms with Crippen molar-refractivity contribution in [2.24, 2.45) is 0 Å². The molecule has 7 heteroatoms. The Balaban J connectivity index is 2.18. The molecule has 1 fully saturated rings. The van der Waals surface area contributed by atoms with Crippen LogP contribution in [0.1, 0.15) is 41.6 Å². The molecule has 0 bridgehead atoms. The van der Waals surface area contributed by atoms with Gasteiger partial charge in [0.05, 0.1) is 23.3 Å². The highest BCUT2D eigenvalue weighted by Gasteiger charge is 2.32. The highest BCUT2D eigenvalue weighted by molar-refractivity contribution is 5.94.